The number of carbonyl (C=O) groups is 1. The molecule has 6 nitrogen and oxygen atoms in total. The summed E-state index contributed by atoms with van der Waals surface area (Å²) in [5.74, 6) is -0.473. The monoisotopic (exact) mass is 679 g/mol. The molecule has 1 atom stereocenters. The number of halogens is 1. The number of carbonyl (C=O) groups excluding carboxylic acids is 1. The molecule has 0 unspecified atom stereocenters. The van der Waals surface area contributed by atoms with E-state index in [0.29, 0.717) is 27.1 Å². The fourth-order valence-corrected chi connectivity index (χ4v) is 7.68. The van der Waals surface area contributed by atoms with E-state index in [1.54, 1.807) is 11.5 Å². The van der Waals surface area contributed by atoms with Gasteiger partial charge in [0.25, 0.3) is 5.56 Å². The van der Waals surface area contributed by atoms with Crippen molar-refractivity contribution < 1.29 is 9.53 Å². The summed E-state index contributed by atoms with van der Waals surface area (Å²) < 4.78 is 11.0. The van der Waals surface area contributed by atoms with Gasteiger partial charge in [-0.15, -0.1) is 11.3 Å². The van der Waals surface area contributed by atoms with Crippen LogP contribution in [0, 0.1) is 0 Å². The van der Waals surface area contributed by atoms with E-state index in [4.69, 9.17) is 9.73 Å². The van der Waals surface area contributed by atoms with Crippen molar-refractivity contribution in [3.8, 4) is 0 Å². The fourth-order valence-electron chi connectivity index (χ4n) is 5.61. The van der Waals surface area contributed by atoms with Crippen LogP contribution in [0.3, 0.4) is 0 Å². The first kappa shape index (κ1) is 28.5. The summed E-state index contributed by atoms with van der Waals surface area (Å²) in [7, 11) is 0. The van der Waals surface area contributed by atoms with Crippen molar-refractivity contribution in [2.24, 2.45) is 4.99 Å². The van der Waals surface area contributed by atoms with E-state index in [9.17, 15) is 9.59 Å². The average molecular weight is 681 g/mol. The van der Waals surface area contributed by atoms with Crippen LogP contribution in [0.15, 0.2) is 122 Å². The van der Waals surface area contributed by atoms with E-state index in [-0.39, 0.29) is 12.2 Å². The Bertz CT molecular complexity index is 2210. The van der Waals surface area contributed by atoms with E-state index in [2.05, 4.69) is 51.0 Å². The predicted molar refractivity (Wildman–Crippen MR) is 181 cm³/mol. The molecule has 9 heteroatoms. The van der Waals surface area contributed by atoms with Gasteiger partial charge in [0.1, 0.15) is 6.04 Å². The van der Waals surface area contributed by atoms with Crippen molar-refractivity contribution in [2.75, 3.05) is 6.61 Å². The highest BCUT2D eigenvalue weighted by molar-refractivity contribution is 9.10. The molecule has 1 aliphatic heterocycles. The summed E-state index contributed by atoms with van der Waals surface area (Å²) in [6, 6.07) is 29.4. The molecule has 3 aromatic carbocycles. The predicted octanol–water partition coefficient (Wildman–Crippen LogP) is 6.76. The average Bonchev–Trinajstić information content (AvgIpc) is 3.77. The van der Waals surface area contributed by atoms with E-state index in [0.717, 1.165) is 31.4 Å². The maximum absolute atomic E-state index is 14.3. The number of para-hydroxylation sites is 1. The molecule has 0 amide bonds. The van der Waals surface area contributed by atoms with E-state index in [1.807, 2.05) is 78.2 Å². The van der Waals surface area contributed by atoms with Crippen molar-refractivity contribution in [3.05, 3.63) is 154 Å². The summed E-state index contributed by atoms with van der Waals surface area (Å²) in [5, 5.41) is 3.01. The van der Waals surface area contributed by atoms with E-state index >= 15 is 0 Å². The number of benzene rings is 3. The molecule has 218 valence electrons. The Balaban J connectivity index is 1.43. The van der Waals surface area contributed by atoms with Crippen LogP contribution in [0.2, 0.25) is 0 Å². The molecule has 3 aromatic heterocycles. The van der Waals surface area contributed by atoms with Crippen molar-refractivity contribution in [3.63, 3.8) is 0 Å². The zero-order valence-electron chi connectivity index (χ0n) is 23.6. The third-order valence-electron chi connectivity index (χ3n) is 7.56. The number of ether oxygens (including phenoxy) is 1. The van der Waals surface area contributed by atoms with Crippen LogP contribution in [-0.2, 0) is 16.1 Å². The zero-order chi connectivity index (χ0) is 30.2. The van der Waals surface area contributed by atoms with Gasteiger partial charge in [-0.1, -0.05) is 94.0 Å². The van der Waals surface area contributed by atoms with Gasteiger partial charge in [0.05, 0.1) is 22.4 Å². The third-order valence-corrected chi connectivity index (χ3v) is 9.99. The Morgan fingerprint density at radius 2 is 1.77 bits per heavy atom. The normalized spacial score (nSPS) is 15.0. The molecule has 6 aromatic rings. The van der Waals surface area contributed by atoms with Crippen molar-refractivity contribution >= 4 is 67.2 Å². The maximum Gasteiger partial charge on any atom is 0.338 e. The summed E-state index contributed by atoms with van der Waals surface area (Å²) in [6.45, 7) is 2.70. The number of aromatic nitrogens is 2. The standard InChI is InChI=1S/C35H26BrN3O3S2/c1-2-42-34(41)30-31(23-9-4-3-5-10-23)37-35-39(32(30)28-13-8-18-43-28)33(40)29(44-35)19-24-21-38(27-12-7-6-11-26(24)27)20-22-14-16-25(36)17-15-22/h3-19,21,32H,2,20H2,1H3/b29-19+/t32-/m0/s1. The number of fused-ring (bicyclic) bond motifs is 2. The second kappa shape index (κ2) is 12.0. The van der Waals surface area contributed by atoms with Gasteiger partial charge in [0.2, 0.25) is 0 Å². The Labute approximate surface area is 269 Å². The van der Waals surface area contributed by atoms with Gasteiger partial charge in [-0.2, -0.15) is 0 Å². The molecule has 0 bridgehead atoms. The highest BCUT2D eigenvalue weighted by Crippen LogP contribution is 2.37. The lowest BCUT2D eigenvalue weighted by atomic mass is 9.97. The number of rotatable bonds is 7. The van der Waals surface area contributed by atoms with Crippen molar-refractivity contribution in [1.82, 2.24) is 9.13 Å². The Hall–Kier alpha value is -4.31. The van der Waals surface area contributed by atoms with Gasteiger partial charge < -0.3 is 9.30 Å². The summed E-state index contributed by atoms with van der Waals surface area (Å²) in [6.07, 6.45) is 4.05. The first-order chi connectivity index (χ1) is 21.5. The van der Waals surface area contributed by atoms with Crippen LogP contribution < -0.4 is 14.9 Å². The van der Waals surface area contributed by atoms with Gasteiger partial charge in [-0.25, -0.2) is 9.79 Å². The van der Waals surface area contributed by atoms with Crippen LogP contribution in [0.5, 0.6) is 0 Å². The number of esters is 1. The number of hydrogen-bond acceptors (Lipinski definition) is 6. The van der Waals surface area contributed by atoms with Gasteiger partial charge in [-0.3, -0.25) is 9.36 Å². The second-order valence-electron chi connectivity index (χ2n) is 10.3. The molecule has 0 radical (unpaired) electrons. The van der Waals surface area contributed by atoms with Crippen LogP contribution in [0.25, 0.3) is 22.7 Å². The van der Waals surface area contributed by atoms with Crippen molar-refractivity contribution in [1.29, 1.82) is 0 Å². The topological polar surface area (TPSA) is 65.6 Å². The minimum Gasteiger partial charge on any atom is -0.463 e. The number of thiazole rings is 1. The van der Waals surface area contributed by atoms with E-state index < -0.39 is 12.0 Å². The lowest BCUT2D eigenvalue weighted by molar-refractivity contribution is -0.138. The molecular formula is C35H26BrN3O3S2. The largest absolute Gasteiger partial charge is 0.463 e. The van der Waals surface area contributed by atoms with Crippen LogP contribution in [0.4, 0.5) is 0 Å². The zero-order valence-corrected chi connectivity index (χ0v) is 26.9. The summed E-state index contributed by atoms with van der Waals surface area (Å²) in [4.78, 5) is 34.2. The highest BCUT2D eigenvalue weighted by atomic mass is 79.9. The molecular weight excluding hydrogens is 654 g/mol. The molecule has 4 heterocycles. The van der Waals surface area contributed by atoms with Crippen LogP contribution in [-0.4, -0.2) is 21.7 Å². The molecule has 0 fully saturated rings. The molecule has 0 spiro atoms. The van der Waals surface area contributed by atoms with Gasteiger partial charge >= 0.3 is 5.97 Å². The molecule has 0 aliphatic carbocycles. The molecule has 1 aliphatic rings. The molecule has 0 N–H and O–H groups in total. The third kappa shape index (κ3) is 5.21. The first-order valence-corrected chi connectivity index (χ1v) is 16.6. The van der Waals surface area contributed by atoms with Crippen molar-refractivity contribution in [2.45, 2.75) is 19.5 Å². The van der Waals surface area contributed by atoms with Gasteiger partial charge in [-0.05, 0) is 48.2 Å². The maximum atomic E-state index is 14.3. The van der Waals surface area contributed by atoms with Gasteiger partial charge in [0.15, 0.2) is 4.80 Å². The second-order valence-corrected chi connectivity index (χ2v) is 13.2. The number of hydrogen-bond donors (Lipinski definition) is 0. The minimum absolute atomic E-state index is 0.189. The van der Waals surface area contributed by atoms with Crippen LogP contribution >= 0.6 is 38.6 Å². The molecule has 7 rings (SSSR count). The smallest absolute Gasteiger partial charge is 0.338 e. The number of nitrogens with zero attached hydrogens (tertiary/aromatic N) is 3. The minimum atomic E-state index is -0.651. The lowest BCUT2D eigenvalue weighted by Crippen LogP contribution is -2.39. The Morgan fingerprint density at radius 3 is 2.52 bits per heavy atom. The molecule has 0 saturated carbocycles. The number of thiophene rings is 1. The Morgan fingerprint density at radius 1 is 1.00 bits per heavy atom. The molecule has 0 saturated heterocycles. The lowest BCUT2D eigenvalue weighted by Gasteiger charge is -2.24. The highest BCUT2D eigenvalue weighted by Gasteiger charge is 2.35. The molecule has 44 heavy (non-hydrogen) atoms. The first-order valence-electron chi connectivity index (χ1n) is 14.2. The van der Waals surface area contributed by atoms with Crippen LogP contribution in [0.1, 0.15) is 34.5 Å². The van der Waals surface area contributed by atoms with E-state index in [1.165, 1.54) is 28.2 Å². The SMILES string of the molecule is CCOC(=O)C1=C(c2ccccc2)N=c2s/c(=C/c3cn(Cc4ccc(Br)cc4)c4ccccc34)c(=O)n2[C@H]1c1cccs1. The summed E-state index contributed by atoms with van der Waals surface area (Å²) in [5.41, 5.74) is 4.71. The quantitative estimate of drug-likeness (QED) is 0.175. The summed E-state index contributed by atoms with van der Waals surface area (Å²) >= 11 is 6.36. The fraction of sp³-hybridized carbons (Fsp3) is 0.114. The Kier molecular flexibility index (Phi) is 7.76. The van der Waals surface area contributed by atoms with Gasteiger partial charge in [0, 0.05) is 44.1 Å².